The highest BCUT2D eigenvalue weighted by Crippen LogP contribution is 2.34. The van der Waals surface area contributed by atoms with E-state index in [4.69, 9.17) is 10.6 Å². The van der Waals surface area contributed by atoms with Gasteiger partial charge >= 0.3 is 0 Å². The van der Waals surface area contributed by atoms with Crippen LogP contribution in [0.2, 0.25) is 0 Å². The van der Waals surface area contributed by atoms with Gasteiger partial charge < -0.3 is 4.74 Å². The van der Waals surface area contributed by atoms with Crippen molar-refractivity contribution in [2.75, 3.05) is 7.11 Å². The maximum atomic E-state index is 5.60. The Morgan fingerprint density at radius 1 is 1.53 bits per heavy atom. The van der Waals surface area contributed by atoms with E-state index < -0.39 is 0 Å². The highest BCUT2D eigenvalue weighted by Gasteiger charge is 2.31. The first-order chi connectivity index (χ1) is 8.17. The Morgan fingerprint density at radius 3 is 2.76 bits per heavy atom. The number of nitrogens with two attached hydrogens (primary N) is 1. The zero-order valence-corrected chi connectivity index (χ0v) is 10.8. The fourth-order valence-electron chi connectivity index (χ4n) is 2.35. The van der Waals surface area contributed by atoms with Crippen molar-refractivity contribution < 1.29 is 4.74 Å². The summed E-state index contributed by atoms with van der Waals surface area (Å²) in [5.41, 5.74) is 6.21. The average Bonchev–Trinajstić information content (AvgIpc) is 3.13. The predicted octanol–water partition coefficient (Wildman–Crippen LogP) is 1.49. The number of nitrogens with one attached hydrogen (secondary N) is 1. The van der Waals surface area contributed by atoms with Crippen LogP contribution in [-0.4, -0.2) is 18.1 Å². The maximum absolute atomic E-state index is 5.60. The van der Waals surface area contributed by atoms with Crippen molar-refractivity contribution in [1.82, 2.24) is 10.4 Å². The standard InChI is InChI=1S/C13H21N3O/c1-8-7-15-11(9(2)13(8)17-3)6-12(16-14)10-4-5-10/h7,10,12,16H,4-6,14H2,1-3H3. The van der Waals surface area contributed by atoms with Crippen LogP contribution in [0.25, 0.3) is 0 Å². The highest BCUT2D eigenvalue weighted by atomic mass is 16.5. The van der Waals surface area contributed by atoms with Crippen molar-refractivity contribution in [2.24, 2.45) is 11.8 Å². The van der Waals surface area contributed by atoms with E-state index in [1.54, 1.807) is 7.11 Å². The van der Waals surface area contributed by atoms with Crippen molar-refractivity contribution in [3.63, 3.8) is 0 Å². The molecule has 2 rings (SSSR count). The van der Waals surface area contributed by atoms with Crippen molar-refractivity contribution in [3.05, 3.63) is 23.0 Å². The van der Waals surface area contributed by atoms with E-state index in [1.807, 2.05) is 13.1 Å². The minimum absolute atomic E-state index is 0.341. The maximum Gasteiger partial charge on any atom is 0.128 e. The molecule has 0 aromatic carbocycles. The third-order valence-electron chi connectivity index (χ3n) is 3.57. The van der Waals surface area contributed by atoms with Gasteiger partial charge in [0.15, 0.2) is 0 Å². The number of pyridine rings is 1. The molecule has 0 saturated heterocycles. The smallest absolute Gasteiger partial charge is 0.128 e. The molecular formula is C13H21N3O. The Labute approximate surface area is 103 Å². The molecular weight excluding hydrogens is 214 g/mol. The summed E-state index contributed by atoms with van der Waals surface area (Å²) < 4.78 is 5.42. The van der Waals surface area contributed by atoms with Gasteiger partial charge in [0.05, 0.1) is 7.11 Å². The van der Waals surface area contributed by atoms with Crippen LogP contribution in [0, 0.1) is 19.8 Å². The Hall–Kier alpha value is -1.13. The summed E-state index contributed by atoms with van der Waals surface area (Å²) in [6.45, 7) is 4.08. The molecule has 1 atom stereocenters. The molecule has 4 nitrogen and oxygen atoms in total. The van der Waals surface area contributed by atoms with Gasteiger partial charge in [0, 0.05) is 35.5 Å². The number of hydrogen-bond donors (Lipinski definition) is 2. The van der Waals surface area contributed by atoms with E-state index >= 15 is 0 Å². The summed E-state index contributed by atoms with van der Waals surface area (Å²) >= 11 is 0. The van der Waals surface area contributed by atoms with Crippen LogP contribution in [0.4, 0.5) is 0 Å². The van der Waals surface area contributed by atoms with Gasteiger partial charge in [-0.05, 0) is 32.6 Å². The number of hydrazine groups is 1. The summed E-state index contributed by atoms with van der Waals surface area (Å²) in [4.78, 5) is 4.51. The predicted molar refractivity (Wildman–Crippen MR) is 67.8 cm³/mol. The number of hydrogen-bond acceptors (Lipinski definition) is 4. The number of methoxy groups -OCH3 is 1. The third kappa shape index (κ3) is 2.58. The molecule has 0 amide bonds. The molecule has 3 N–H and O–H groups in total. The summed E-state index contributed by atoms with van der Waals surface area (Å²) in [7, 11) is 1.71. The third-order valence-corrected chi connectivity index (χ3v) is 3.57. The van der Waals surface area contributed by atoms with Gasteiger partial charge in [-0.2, -0.15) is 0 Å². The van der Waals surface area contributed by atoms with Crippen LogP contribution in [0.15, 0.2) is 6.20 Å². The molecule has 0 spiro atoms. The molecule has 4 heteroatoms. The van der Waals surface area contributed by atoms with Gasteiger partial charge in [-0.15, -0.1) is 0 Å². The van der Waals surface area contributed by atoms with Crippen molar-refractivity contribution >= 4 is 0 Å². The van der Waals surface area contributed by atoms with E-state index in [1.165, 1.54) is 12.8 Å². The van der Waals surface area contributed by atoms with Gasteiger partial charge in [0.1, 0.15) is 5.75 Å². The molecule has 1 unspecified atom stereocenters. The molecule has 1 fully saturated rings. The van der Waals surface area contributed by atoms with Crippen LogP contribution in [-0.2, 0) is 6.42 Å². The summed E-state index contributed by atoms with van der Waals surface area (Å²) in [5, 5.41) is 0. The summed E-state index contributed by atoms with van der Waals surface area (Å²) in [6, 6.07) is 0.341. The number of aromatic nitrogens is 1. The largest absolute Gasteiger partial charge is 0.496 e. The van der Waals surface area contributed by atoms with E-state index in [9.17, 15) is 0 Å². The average molecular weight is 235 g/mol. The lowest BCUT2D eigenvalue weighted by Crippen LogP contribution is -2.38. The first-order valence-corrected chi connectivity index (χ1v) is 6.12. The number of nitrogens with zero attached hydrogens (tertiary/aromatic N) is 1. The Balaban J connectivity index is 2.20. The van der Waals surface area contributed by atoms with E-state index in [-0.39, 0.29) is 0 Å². The van der Waals surface area contributed by atoms with Gasteiger partial charge in [0.2, 0.25) is 0 Å². The van der Waals surface area contributed by atoms with E-state index in [0.29, 0.717) is 12.0 Å². The Kier molecular flexibility index (Phi) is 3.64. The second-order valence-electron chi connectivity index (χ2n) is 4.86. The van der Waals surface area contributed by atoms with Crippen molar-refractivity contribution in [3.8, 4) is 5.75 Å². The lowest BCUT2D eigenvalue weighted by atomic mass is 10.0. The van der Waals surface area contributed by atoms with Crippen molar-refractivity contribution in [2.45, 2.75) is 39.2 Å². The summed E-state index contributed by atoms with van der Waals surface area (Å²) in [6.07, 6.45) is 5.30. The fourth-order valence-corrected chi connectivity index (χ4v) is 2.35. The molecule has 1 aromatic rings. The van der Waals surface area contributed by atoms with E-state index in [0.717, 1.165) is 29.0 Å². The van der Waals surface area contributed by atoms with Crippen LogP contribution in [0.5, 0.6) is 5.75 Å². The number of aryl methyl sites for hydroxylation is 1. The second kappa shape index (κ2) is 5.02. The van der Waals surface area contributed by atoms with Crippen LogP contribution in [0.3, 0.4) is 0 Å². The molecule has 17 heavy (non-hydrogen) atoms. The van der Waals surface area contributed by atoms with Crippen LogP contribution in [0.1, 0.15) is 29.7 Å². The molecule has 0 radical (unpaired) electrons. The quantitative estimate of drug-likeness (QED) is 0.599. The number of ether oxygens (including phenoxy) is 1. The van der Waals surface area contributed by atoms with Gasteiger partial charge in [-0.1, -0.05) is 0 Å². The molecule has 1 saturated carbocycles. The zero-order chi connectivity index (χ0) is 12.4. The minimum Gasteiger partial charge on any atom is -0.496 e. The van der Waals surface area contributed by atoms with Gasteiger partial charge in [-0.25, -0.2) is 0 Å². The van der Waals surface area contributed by atoms with Crippen LogP contribution < -0.4 is 16.0 Å². The molecule has 1 aliphatic carbocycles. The van der Waals surface area contributed by atoms with Gasteiger partial charge in [-0.3, -0.25) is 16.3 Å². The minimum atomic E-state index is 0.341. The zero-order valence-electron chi connectivity index (χ0n) is 10.8. The van der Waals surface area contributed by atoms with E-state index in [2.05, 4.69) is 17.3 Å². The highest BCUT2D eigenvalue weighted by molar-refractivity contribution is 5.41. The van der Waals surface area contributed by atoms with Crippen LogP contribution >= 0.6 is 0 Å². The fraction of sp³-hybridized carbons (Fsp3) is 0.615. The SMILES string of the molecule is COc1c(C)cnc(CC(NN)C2CC2)c1C. The first-order valence-electron chi connectivity index (χ1n) is 6.12. The topological polar surface area (TPSA) is 60.2 Å². The monoisotopic (exact) mass is 235 g/mol. The Morgan fingerprint density at radius 2 is 2.24 bits per heavy atom. The first kappa shape index (κ1) is 12.3. The molecule has 94 valence electrons. The molecule has 0 bridgehead atoms. The second-order valence-corrected chi connectivity index (χ2v) is 4.86. The van der Waals surface area contributed by atoms with Gasteiger partial charge in [0.25, 0.3) is 0 Å². The normalized spacial score (nSPS) is 16.9. The molecule has 1 heterocycles. The molecule has 0 aliphatic heterocycles. The lowest BCUT2D eigenvalue weighted by molar-refractivity contribution is 0.405. The lowest BCUT2D eigenvalue weighted by Gasteiger charge is -2.17. The van der Waals surface area contributed by atoms with Crippen molar-refractivity contribution in [1.29, 1.82) is 0 Å². The molecule has 1 aliphatic rings. The summed E-state index contributed by atoms with van der Waals surface area (Å²) in [5.74, 6) is 7.27. The Bertz CT molecular complexity index is 402. The number of rotatable bonds is 5. The molecule has 1 aromatic heterocycles.